The summed E-state index contributed by atoms with van der Waals surface area (Å²) in [5.41, 5.74) is 4.20. The van der Waals surface area contributed by atoms with E-state index in [1.54, 1.807) is 6.07 Å². The molecule has 2 rings (SSSR count). The number of rotatable bonds is 1. The third-order valence-electron chi connectivity index (χ3n) is 2.47. The van der Waals surface area contributed by atoms with E-state index in [0.29, 0.717) is 5.15 Å². The zero-order valence-corrected chi connectivity index (χ0v) is 10.5. The minimum Gasteiger partial charge on any atom is -0.218 e. The minimum atomic E-state index is 0.167. The van der Waals surface area contributed by atoms with Crippen LogP contribution in [0.5, 0.6) is 0 Å². The zero-order valence-electron chi connectivity index (χ0n) is 8.96. The summed E-state index contributed by atoms with van der Waals surface area (Å²) < 4.78 is 0. The molecule has 0 amide bonds. The Morgan fingerprint density at radius 2 is 1.69 bits per heavy atom. The van der Waals surface area contributed by atoms with Gasteiger partial charge in [0.25, 0.3) is 0 Å². The summed E-state index contributed by atoms with van der Waals surface area (Å²) in [6.07, 6.45) is 0. The number of aromatic nitrogens is 2. The Bertz CT molecular complexity index is 518. The molecule has 2 nitrogen and oxygen atoms in total. The first-order valence-corrected chi connectivity index (χ1v) is 5.59. The van der Waals surface area contributed by atoms with Crippen molar-refractivity contribution in [3.63, 3.8) is 0 Å². The van der Waals surface area contributed by atoms with Crippen LogP contribution in [0.15, 0.2) is 24.3 Å². The summed E-state index contributed by atoms with van der Waals surface area (Å²) >= 11 is 11.6. The van der Waals surface area contributed by atoms with E-state index in [0.717, 1.165) is 11.3 Å². The first-order chi connectivity index (χ1) is 7.56. The average Bonchev–Trinajstić information content (AvgIpc) is 2.20. The molecule has 0 N–H and O–H groups in total. The molecule has 0 saturated carbocycles. The number of benzene rings is 1. The van der Waals surface area contributed by atoms with Crippen molar-refractivity contribution in [1.29, 1.82) is 0 Å². The van der Waals surface area contributed by atoms with Crippen LogP contribution in [0.3, 0.4) is 0 Å². The normalized spacial score (nSPS) is 10.5. The minimum absolute atomic E-state index is 0.167. The van der Waals surface area contributed by atoms with Gasteiger partial charge >= 0.3 is 0 Å². The van der Waals surface area contributed by atoms with E-state index in [4.69, 9.17) is 23.2 Å². The van der Waals surface area contributed by atoms with Gasteiger partial charge in [-0.2, -0.15) is 0 Å². The van der Waals surface area contributed by atoms with E-state index in [1.165, 1.54) is 11.1 Å². The van der Waals surface area contributed by atoms with E-state index in [-0.39, 0.29) is 5.28 Å². The molecule has 0 aliphatic heterocycles. The molecular formula is C12H10Cl2N2. The van der Waals surface area contributed by atoms with Crippen LogP contribution < -0.4 is 0 Å². The van der Waals surface area contributed by atoms with E-state index >= 15 is 0 Å². The molecule has 0 saturated heterocycles. The largest absolute Gasteiger partial charge is 0.224 e. The Labute approximate surface area is 104 Å². The lowest BCUT2D eigenvalue weighted by molar-refractivity contribution is 1.17. The van der Waals surface area contributed by atoms with Crippen LogP contribution in [0, 0.1) is 13.8 Å². The monoisotopic (exact) mass is 252 g/mol. The molecule has 1 aromatic carbocycles. The predicted molar refractivity (Wildman–Crippen MR) is 67.0 cm³/mol. The summed E-state index contributed by atoms with van der Waals surface area (Å²) in [5, 5.41) is 0.522. The molecule has 0 atom stereocenters. The molecule has 0 spiro atoms. The van der Waals surface area contributed by atoms with Crippen molar-refractivity contribution in [1.82, 2.24) is 9.97 Å². The van der Waals surface area contributed by atoms with Crippen molar-refractivity contribution in [2.75, 3.05) is 0 Å². The Morgan fingerprint density at radius 3 is 2.31 bits per heavy atom. The van der Waals surface area contributed by atoms with Crippen LogP contribution in [-0.4, -0.2) is 9.97 Å². The summed E-state index contributed by atoms with van der Waals surface area (Å²) in [6, 6.07) is 7.81. The lowest BCUT2D eigenvalue weighted by Crippen LogP contribution is -1.89. The van der Waals surface area contributed by atoms with Crippen molar-refractivity contribution >= 4 is 23.2 Å². The summed E-state index contributed by atoms with van der Waals surface area (Å²) in [5.74, 6) is 0. The smallest absolute Gasteiger partial charge is 0.218 e. The third kappa shape index (κ3) is 2.34. The number of hydrogen-bond donors (Lipinski definition) is 0. The molecule has 16 heavy (non-hydrogen) atoms. The molecule has 4 heteroatoms. The van der Waals surface area contributed by atoms with Crippen LogP contribution in [-0.2, 0) is 0 Å². The average molecular weight is 253 g/mol. The van der Waals surface area contributed by atoms with Gasteiger partial charge in [0.15, 0.2) is 0 Å². The van der Waals surface area contributed by atoms with Gasteiger partial charge in [0, 0.05) is 11.6 Å². The van der Waals surface area contributed by atoms with Crippen LogP contribution in [0.25, 0.3) is 11.3 Å². The molecule has 0 aliphatic rings. The van der Waals surface area contributed by atoms with Crippen molar-refractivity contribution in [3.8, 4) is 11.3 Å². The van der Waals surface area contributed by atoms with Crippen molar-refractivity contribution in [2.24, 2.45) is 0 Å². The highest BCUT2D eigenvalue weighted by molar-refractivity contribution is 6.32. The van der Waals surface area contributed by atoms with Gasteiger partial charge in [-0.1, -0.05) is 23.7 Å². The van der Waals surface area contributed by atoms with Crippen LogP contribution in [0.4, 0.5) is 0 Å². The van der Waals surface area contributed by atoms with Gasteiger partial charge in [0.1, 0.15) is 5.15 Å². The number of aryl methyl sites for hydroxylation is 2. The standard InChI is InChI=1S/C12H10Cl2N2/c1-7-3-4-9(5-8(7)2)10-6-11(13)16-12(14)15-10/h3-6H,1-2H3. The molecule has 82 valence electrons. The molecule has 0 radical (unpaired) electrons. The molecule has 0 aliphatic carbocycles. The zero-order chi connectivity index (χ0) is 11.7. The van der Waals surface area contributed by atoms with Crippen LogP contribution in [0.1, 0.15) is 11.1 Å². The van der Waals surface area contributed by atoms with Crippen molar-refractivity contribution < 1.29 is 0 Å². The lowest BCUT2D eigenvalue weighted by Gasteiger charge is -2.05. The van der Waals surface area contributed by atoms with E-state index < -0.39 is 0 Å². The lowest BCUT2D eigenvalue weighted by atomic mass is 10.0. The predicted octanol–water partition coefficient (Wildman–Crippen LogP) is 4.07. The van der Waals surface area contributed by atoms with Gasteiger partial charge in [-0.3, -0.25) is 0 Å². The van der Waals surface area contributed by atoms with E-state index in [9.17, 15) is 0 Å². The maximum atomic E-state index is 5.84. The van der Waals surface area contributed by atoms with Gasteiger partial charge in [0.05, 0.1) is 5.69 Å². The van der Waals surface area contributed by atoms with Crippen molar-refractivity contribution in [2.45, 2.75) is 13.8 Å². The second-order valence-corrected chi connectivity index (χ2v) is 4.37. The van der Waals surface area contributed by atoms with E-state index in [2.05, 4.69) is 35.9 Å². The Balaban J connectivity index is 2.54. The molecular weight excluding hydrogens is 243 g/mol. The first kappa shape index (κ1) is 11.4. The summed E-state index contributed by atoms with van der Waals surface area (Å²) in [4.78, 5) is 7.96. The van der Waals surface area contributed by atoms with Gasteiger partial charge in [-0.05, 0) is 42.6 Å². The fraction of sp³-hybridized carbons (Fsp3) is 0.167. The first-order valence-electron chi connectivity index (χ1n) is 4.84. The van der Waals surface area contributed by atoms with Gasteiger partial charge in [0.2, 0.25) is 5.28 Å². The number of nitrogens with zero attached hydrogens (tertiary/aromatic N) is 2. The highest BCUT2D eigenvalue weighted by Crippen LogP contribution is 2.23. The molecule has 0 bridgehead atoms. The Kier molecular flexibility index (Phi) is 3.13. The van der Waals surface area contributed by atoms with Crippen LogP contribution >= 0.6 is 23.2 Å². The topological polar surface area (TPSA) is 25.8 Å². The number of halogens is 2. The molecule has 1 heterocycles. The molecule has 0 fully saturated rings. The highest BCUT2D eigenvalue weighted by Gasteiger charge is 2.05. The Morgan fingerprint density at radius 1 is 0.938 bits per heavy atom. The second kappa shape index (κ2) is 4.40. The molecule has 0 unspecified atom stereocenters. The second-order valence-electron chi connectivity index (χ2n) is 3.64. The highest BCUT2D eigenvalue weighted by atomic mass is 35.5. The quantitative estimate of drug-likeness (QED) is 0.565. The van der Waals surface area contributed by atoms with Gasteiger partial charge in [-0.25, -0.2) is 9.97 Å². The molecule has 1 aromatic heterocycles. The SMILES string of the molecule is Cc1ccc(-c2cc(Cl)nc(Cl)n2)cc1C. The summed E-state index contributed by atoms with van der Waals surface area (Å²) in [6.45, 7) is 4.13. The maximum absolute atomic E-state index is 5.84. The van der Waals surface area contributed by atoms with Crippen LogP contribution in [0.2, 0.25) is 10.4 Å². The van der Waals surface area contributed by atoms with Gasteiger partial charge in [-0.15, -0.1) is 0 Å². The Hall–Kier alpha value is -1.12. The summed E-state index contributed by atoms with van der Waals surface area (Å²) in [7, 11) is 0. The maximum Gasteiger partial charge on any atom is 0.224 e. The molecule has 2 aromatic rings. The van der Waals surface area contributed by atoms with Crippen molar-refractivity contribution in [3.05, 3.63) is 45.8 Å². The fourth-order valence-corrected chi connectivity index (χ4v) is 1.85. The number of hydrogen-bond acceptors (Lipinski definition) is 2. The van der Waals surface area contributed by atoms with Gasteiger partial charge < -0.3 is 0 Å². The fourth-order valence-electron chi connectivity index (χ4n) is 1.44. The third-order valence-corrected chi connectivity index (χ3v) is 2.83. The van der Waals surface area contributed by atoms with E-state index in [1.807, 2.05) is 6.07 Å².